The predicted octanol–water partition coefficient (Wildman–Crippen LogP) is 1.09. The zero-order valence-electron chi connectivity index (χ0n) is 13.0. The van der Waals surface area contributed by atoms with E-state index in [0.29, 0.717) is 19.4 Å². The summed E-state index contributed by atoms with van der Waals surface area (Å²) in [7, 11) is -4.30. The lowest BCUT2D eigenvalue weighted by Gasteiger charge is -2.15. The van der Waals surface area contributed by atoms with Crippen molar-refractivity contribution < 1.29 is 31.2 Å². The lowest BCUT2D eigenvalue weighted by molar-refractivity contribution is -0.131. The van der Waals surface area contributed by atoms with Crippen LogP contribution in [0.4, 0.5) is 18.9 Å². The maximum Gasteiger partial charge on any atom is 0.402 e. The van der Waals surface area contributed by atoms with Crippen LogP contribution in [-0.2, 0) is 19.6 Å². The molecule has 1 saturated heterocycles. The fraction of sp³-hybridized carbons (Fsp3) is 0.429. The molecule has 1 aliphatic rings. The standard InChI is InChI=1S/C14H16F3N3O4S/c15-14(16,17)9-18-25(23,24)11-5-3-10(4-6-11)19-12(21)8-20-7-1-2-13(20)22/h3-6,18H,1-2,7-9H2,(H,19,21). The van der Waals surface area contributed by atoms with Gasteiger partial charge in [-0.3, -0.25) is 9.59 Å². The molecule has 0 spiro atoms. The largest absolute Gasteiger partial charge is 0.402 e. The number of hydrogen-bond acceptors (Lipinski definition) is 4. The number of alkyl halides is 3. The van der Waals surface area contributed by atoms with Gasteiger partial charge in [-0.15, -0.1) is 0 Å². The Morgan fingerprint density at radius 1 is 1.20 bits per heavy atom. The van der Waals surface area contributed by atoms with Crippen molar-refractivity contribution in [3.63, 3.8) is 0 Å². The Hall–Kier alpha value is -2.14. The molecule has 2 N–H and O–H groups in total. The molecule has 0 aliphatic carbocycles. The summed E-state index contributed by atoms with van der Waals surface area (Å²) in [6.07, 6.45) is -3.55. The Balaban J connectivity index is 1.95. The van der Waals surface area contributed by atoms with Crippen molar-refractivity contribution in [3.8, 4) is 0 Å². The van der Waals surface area contributed by atoms with E-state index in [1.807, 2.05) is 0 Å². The summed E-state index contributed by atoms with van der Waals surface area (Å²) in [4.78, 5) is 24.3. The number of sulfonamides is 1. The van der Waals surface area contributed by atoms with Gasteiger partial charge in [0.15, 0.2) is 0 Å². The minimum absolute atomic E-state index is 0.104. The third-order valence-electron chi connectivity index (χ3n) is 3.42. The summed E-state index contributed by atoms with van der Waals surface area (Å²) in [5, 5.41) is 2.50. The molecule has 0 aromatic heterocycles. The van der Waals surface area contributed by atoms with E-state index in [-0.39, 0.29) is 23.0 Å². The molecule has 0 radical (unpaired) electrons. The van der Waals surface area contributed by atoms with Crippen molar-refractivity contribution in [2.45, 2.75) is 23.9 Å². The van der Waals surface area contributed by atoms with Gasteiger partial charge in [0, 0.05) is 18.7 Å². The highest BCUT2D eigenvalue weighted by Crippen LogP contribution is 2.17. The molecule has 0 atom stereocenters. The Kier molecular flexibility index (Phi) is 5.68. The molecule has 2 rings (SSSR count). The second-order valence-corrected chi connectivity index (χ2v) is 7.20. The molecule has 1 aromatic carbocycles. The monoisotopic (exact) mass is 379 g/mol. The number of likely N-dealkylation sites (tertiary alicyclic amines) is 1. The molecule has 0 bridgehead atoms. The van der Waals surface area contributed by atoms with Crippen molar-refractivity contribution in [2.24, 2.45) is 0 Å². The second-order valence-electron chi connectivity index (χ2n) is 5.43. The van der Waals surface area contributed by atoms with Crippen molar-refractivity contribution in [3.05, 3.63) is 24.3 Å². The maximum absolute atomic E-state index is 12.1. The molecule has 0 saturated carbocycles. The Labute approximate surface area is 142 Å². The van der Waals surface area contributed by atoms with Gasteiger partial charge in [-0.25, -0.2) is 13.1 Å². The highest BCUT2D eigenvalue weighted by Gasteiger charge is 2.30. The van der Waals surface area contributed by atoms with E-state index in [1.54, 1.807) is 0 Å². The van der Waals surface area contributed by atoms with Crippen LogP contribution >= 0.6 is 0 Å². The third kappa shape index (κ3) is 5.71. The number of carbonyl (C=O) groups excluding carboxylic acids is 2. The smallest absolute Gasteiger partial charge is 0.333 e. The number of rotatable bonds is 6. The first-order valence-electron chi connectivity index (χ1n) is 7.31. The number of anilines is 1. The van der Waals surface area contributed by atoms with Gasteiger partial charge in [0.2, 0.25) is 21.8 Å². The average molecular weight is 379 g/mol. The van der Waals surface area contributed by atoms with Crippen molar-refractivity contribution in [1.29, 1.82) is 0 Å². The topological polar surface area (TPSA) is 95.6 Å². The number of benzene rings is 1. The quantitative estimate of drug-likeness (QED) is 0.773. The SMILES string of the molecule is O=C(CN1CCCC1=O)Nc1ccc(S(=O)(=O)NCC(F)(F)F)cc1. The fourth-order valence-electron chi connectivity index (χ4n) is 2.22. The van der Waals surface area contributed by atoms with Crippen LogP contribution < -0.4 is 10.0 Å². The number of amides is 2. The van der Waals surface area contributed by atoms with Crippen LogP contribution in [-0.4, -0.2) is 50.9 Å². The first kappa shape index (κ1) is 19.2. The summed E-state index contributed by atoms with van der Waals surface area (Å²) < 4.78 is 61.2. The second kappa shape index (κ2) is 7.40. The van der Waals surface area contributed by atoms with Gasteiger partial charge >= 0.3 is 6.18 Å². The number of carbonyl (C=O) groups is 2. The first-order valence-corrected chi connectivity index (χ1v) is 8.79. The summed E-state index contributed by atoms with van der Waals surface area (Å²) in [6, 6.07) is 4.67. The molecule has 1 fully saturated rings. The van der Waals surface area contributed by atoms with Crippen LogP contribution in [0.15, 0.2) is 29.2 Å². The zero-order valence-corrected chi connectivity index (χ0v) is 13.8. The molecular weight excluding hydrogens is 363 g/mol. The van der Waals surface area contributed by atoms with Crippen molar-refractivity contribution >= 4 is 27.5 Å². The van der Waals surface area contributed by atoms with Crippen molar-refractivity contribution in [2.75, 3.05) is 25.0 Å². The molecule has 0 unspecified atom stereocenters. The summed E-state index contributed by atoms with van der Waals surface area (Å²) >= 11 is 0. The normalized spacial score (nSPS) is 15.5. The summed E-state index contributed by atoms with van der Waals surface area (Å²) in [6.45, 7) is -1.27. The van der Waals surface area contributed by atoms with E-state index in [9.17, 15) is 31.2 Å². The van der Waals surface area contributed by atoms with Gasteiger partial charge in [0.1, 0.15) is 6.54 Å². The molecule has 1 heterocycles. The highest BCUT2D eigenvalue weighted by molar-refractivity contribution is 7.89. The number of hydrogen-bond donors (Lipinski definition) is 2. The Morgan fingerprint density at radius 2 is 1.84 bits per heavy atom. The van der Waals surface area contributed by atoms with Gasteiger partial charge in [-0.2, -0.15) is 13.2 Å². The zero-order chi connectivity index (χ0) is 18.7. The van der Waals surface area contributed by atoms with Crippen LogP contribution in [0.5, 0.6) is 0 Å². The first-order chi connectivity index (χ1) is 11.6. The van der Waals surface area contributed by atoms with Crippen LogP contribution in [0.3, 0.4) is 0 Å². The van der Waals surface area contributed by atoms with Gasteiger partial charge < -0.3 is 10.2 Å². The van der Waals surface area contributed by atoms with E-state index < -0.39 is 28.7 Å². The summed E-state index contributed by atoms with van der Waals surface area (Å²) in [5.41, 5.74) is 0.270. The highest BCUT2D eigenvalue weighted by atomic mass is 32.2. The van der Waals surface area contributed by atoms with E-state index in [4.69, 9.17) is 0 Å². The molecule has 7 nitrogen and oxygen atoms in total. The summed E-state index contributed by atoms with van der Waals surface area (Å²) in [5.74, 6) is -0.548. The molecule has 25 heavy (non-hydrogen) atoms. The lowest BCUT2D eigenvalue weighted by atomic mass is 10.3. The van der Waals surface area contributed by atoms with Crippen LogP contribution in [0, 0.1) is 0 Å². The minimum Gasteiger partial charge on any atom is -0.333 e. The number of nitrogens with zero attached hydrogens (tertiary/aromatic N) is 1. The number of nitrogens with one attached hydrogen (secondary N) is 2. The van der Waals surface area contributed by atoms with Crippen LogP contribution in [0.1, 0.15) is 12.8 Å². The van der Waals surface area contributed by atoms with E-state index >= 15 is 0 Å². The Bertz CT molecular complexity index is 748. The van der Waals surface area contributed by atoms with Crippen LogP contribution in [0.2, 0.25) is 0 Å². The van der Waals surface area contributed by atoms with E-state index in [1.165, 1.54) is 21.8 Å². The predicted molar refractivity (Wildman–Crippen MR) is 82.1 cm³/mol. The maximum atomic E-state index is 12.1. The van der Waals surface area contributed by atoms with Gasteiger partial charge in [-0.1, -0.05) is 0 Å². The van der Waals surface area contributed by atoms with E-state index in [0.717, 1.165) is 12.1 Å². The van der Waals surface area contributed by atoms with Gasteiger partial charge in [0.25, 0.3) is 0 Å². The molecular formula is C14H16F3N3O4S. The Morgan fingerprint density at radius 3 is 2.36 bits per heavy atom. The van der Waals surface area contributed by atoms with Gasteiger partial charge in [0.05, 0.1) is 11.4 Å². The van der Waals surface area contributed by atoms with E-state index in [2.05, 4.69) is 5.32 Å². The molecule has 1 aromatic rings. The molecule has 11 heteroatoms. The lowest BCUT2D eigenvalue weighted by Crippen LogP contribution is -2.34. The average Bonchev–Trinajstić information content (AvgIpc) is 2.90. The molecule has 1 aliphatic heterocycles. The third-order valence-corrected chi connectivity index (χ3v) is 4.83. The fourth-order valence-corrected chi connectivity index (χ4v) is 3.24. The minimum atomic E-state index is -4.66. The van der Waals surface area contributed by atoms with Gasteiger partial charge in [-0.05, 0) is 30.7 Å². The van der Waals surface area contributed by atoms with Crippen molar-refractivity contribution in [1.82, 2.24) is 9.62 Å². The van der Waals surface area contributed by atoms with Crippen LogP contribution in [0.25, 0.3) is 0 Å². The molecule has 2 amide bonds. The molecule has 138 valence electrons. The number of halogens is 3.